The lowest BCUT2D eigenvalue weighted by molar-refractivity contribution is -0.119. The van der Waals surface area contributed by atoms with Gasteiger partial charge in [0, 0.05) is 30.8 Å². The maximum Gasteiger partial charge on any atom is 0.231 e. The fourth-order valence-corrected chi connectivity index (χ4v) is 2.08. The molecule has 2 heterocycles. The van der Waals surface area contributed by atoms with Crippen LogP contribution in [-0.2, 0) is 4.79 Å². The van der Waals surface area contributed by atoms with Gasteiger partial charge >= 0.3 is 0 Å². The van der Waals surface area contributed by atoms with E-state index in [1.807, 2.05) is 18.2 Å². The second kappa shape index (κ2) is 4.16. The average molecular weight is 234 g/mol. The number of ether oxygens (including phenoxy) is 2. The maximum atomic E-state index is 11.0. The zero-order valence-corrected chi connectivity index (χ0v) is 9.36. The van der Waals surface area contributed by atoms with Crippen molar-refractivity contribution in [1.82, 2.24) is 5.32 Å². The predicted molar refractivity (Wildman–Crippen MR) is 62.2 cm³/mol. The Hall–Kier alpha value is -1.91. The molecule has 0 spiro atoms. The molecule has 5 heteroatoms. The summed E-state index contributed by atoms with van der Waals surface area (Å²) < 4.78 is 10.5. The van der Waals surface area contributed by atoms with Crippen molar-refractivity contribution in [1.29, 1.82) is 0 Å². The molecule has 3 rings (SSSR count). The van der Waals surface area contributed by atoms with Gasteiger partial charge in [0.1, 0.15) is 0 Å². The minimum Gasteiger partial charge on any atom is -0.454 e. The van der Waals surface area contributed by atoms with Crippen LogP contribution in [0.15, 0.2) is 18.2 Å². The predicted octanol–water partition coefficient (Wildman–Crippen LogP) is 1.11. The van der Waals surface area contributed by atoms with Crippen molar-refractivity contribution in [3.63, 3.8) is 0 Å². The molecular weight excluding hydrogens is 220 g/mol. The van der Waals surface area contributed by atoms with E-state index in [0.717, 1.165) is 30.2 Å². The van der Waals surface area contributed by atoms with Crippen LogP contribution in [0.5, 0.6) is 11.5 Å². The van der Waals surface area contributed by atoms with Gasteiger partial charge in [0.05, 0.1) is 0 Å². The molecule has 1 amide bonds. The molecule has 90 valence electrons. The van der Waals surface area contributed by atoms with Crippen LogP contribution in [0.3, 0.4) is 0 Å². The van der Waals surface area contributed by atoms with E-state index in [1.54, 1.807) is 0 Å². The standard InChI is InChI=1S/C12H14N2O3/c15-12-4-2-9(14-12)6-13-8-1-3-10-11(5-8)17-7-16-10/h1,3,5,9,13H,2,4,6-7H2,(H,14,15)/t9-/m0/s1. The van der Waals surface area contributed by atoms with Gasteiger partial charge in [-0.25, -0.2) is 0 Å². The van der Waals surface area contributed by atoms with Crippen LogP contribution in [0.4, 0.5) is 5.69 Å². The number of amides is 1. The number of carbonyl (C=O) groups excluding carboxylic acids is 1. The minimum atomic E-state index is 0.141. The van der Waals surface area contributed by atoms with Crippen molar-refractivity contribution in [2.45, 2.75) is 18.9 Å². The van der Waals surface area contributed by atoms with E-state index in [2.05, 4.69) is 10.6 Å². The normalized spacial score (nSPS) is 21.4. The smallest absolute Gasteiger partial charge is 0.231 e. The van der Waals surface area contributed by atoms with Crippen LogP contribution in [0.2, 0.25) is 0 Å². The summed E-state index contributed by atoms with van der Waals surface area (Å²) in [5.41, 5.74) is 0.982. The van der Waals surface area contributed by atoms with Crippen molar-refractivity contribution in [3.8, 4) is 11.5 Å². The molecule has 0 radical (unpaired) electrons. The number of rotatable bonds is 3. The summed E-state index contributed by atoms with van der Waals surface area (Å²) >= 11 is 0. The first-order chi connectivity index (χ1) is 8.31. The number of anilines is 1. The summed E-state index contributed by atoms with van der Waals surface area (Å²) in [7, 11) is 0. The van der Waals surface area contributed by atoms with Crippen LogP contribution in [0, 0.1) is 0 Å². The highest BCUT2D eigenvalue weighted by atomic mass is 16.7. The van der Waals surface area contributed by atoms with Gasteiger partial charge < -0.3 is 20.1 Å². The largest absolute Gasteiger partial charge is 0.454 e. The van der Waals surface area contributed by atoms with Gasteiger partial charge in [-0.1, -0.05) is 0 Å². The van der Waals surface area contributed by atoms with Crippen LogP contribution in [0.25, 0.3) is 0 Å². The van der Waals surface area contributed by atoms with Crippen LogP contribution in [0.1, 0.15) is 12.8 Å². The lowest BCUT2D eigenvalue weighted by atomic mass is 10.2. The summed E-state index contributed by atoms with van der Waals surface area (Å²) in [6, 6.07) is 5.98. The van der Waals surface area contributed by atoms with Gasteiger partial charge in [-0.2, -0.15) is 0 Å². The zero-order chi connectivity index (χ0) is 11.7. The SMILES string of the molecule is O=C1CC[C@@H](CNc2ccc3c(c2)OCO3)N1. The number of nitrogens with one attached hydrogen (secondary N) is 2. The van der Waals surface area contributed by atoms with Crippen LogP contribution < -0.4 is 20.1 Å². The number of hydrogen-bond acceptors (Lipinski definition) is 4. The monoisotopic (exact) mass is 234 g/mol. The molecule has 1 atom stereocenters. The van der Waals surface area contributed by atoms with E-state index >= 15 is 0 Å². The Bertz CT molecular complexity index is 447. The lowest BCUT2D eigenvalue weighted by Crippen LogP contribution is -2.31. The highest BCUT2D eigenvalue weighted by Gasteiger charge is 2.20. The Balaban J connectivity index is 1.60. The van der Waals surface area contributed by atoms with Gasteiger partial charge in [-0.05, 0) is 18.6 Å². The van der Waals surface area contributed by atoms with E-state index < -0.39 is 0 Å². The third-order valence-electron chi connectivity index (χ3n) is 3.01. The molecule has 1 fully saturated rings. The van der Waals surface area contributed by atoms with Gasteiger partial charge in [0.2, 0.25) is 12.7 Å². The topological polar surface area (TPSA) is 59.6 Å². The fourth-order valence-electron chi connectivity index (χ4n) is 2.08. The molecule has 17 heavy (non-hydrogen) atoms. The first-order valence-electron chi connectivity index (χ1n) is 5.74. The fraction of sp³-hybridized carbons (Fsp3) is 0.417. The number of benzene rings is 1. The molecular formula is C12H14N2O3. The summed E-state index contributed by atoms with van der Waals surface area (Å²) in [6.07, 6.45) is 1.53. The Labute approximate surface area is 99.1 Å². The van der Waals surface area contributed by atoms with Crippen molar-refractivity contribution >= 4 is 11.6 Å². The zero-order valence-electron chi connectivity index (χ0n) is 9.36. The minimum absolute atomic E-state index is 0.141. The molecule has 2 aliphatic rings. The molecule has 0 saturated carbocycles. The molecule has 0 aromatic heterocycles. The Kier molecular flexibility index (Phi) is 2.51. The Morgan fingerprint density at radius 1 is 1.35 bits per heavy atom. The number of carbonyl (C=O) groups is 1. The van der Waals surface area contributed by atoms with Crippen LogP contribution >= 0.6 is 0 Å². The first kappa shape index (κ1) is 10.3. The summed E-state index contributed by atoms with van der Waals surface area (Å²) in [4.78, 5) is 11.0. The molecule has 2 N–H and O–H groups in total. The third kappa shape index (κ3) is 2.13. The number of hydrogen-bond donors (Lipinski definition) is 2. The van der Waals surface area contributed by atoms with Crippen molar-refractivity contribution in [2.24, 2.45) is 0 Å². The van der Waals surface area contributed by atoms with Gasteiger partial charge in [0.25, 0.3) is 0 Å². The Morgan fingerprint density at radius 2 is 2.24 bits per heavy atom. The highest BCUT2D eigenvalue weighted by molar-refractivity contribution is 5.78. The molecule has 1 aromatic carbocycles. The van der Waals surface area contributed by atoms with E-state index in [0.29, 0.717) is 6.42 Å². The highest BCUT2D eigenvalue weighted by Crippen LogP contribution is 2.34. The molecule has 1 saturated heterocycles. The van der Waals surface area contributed by atoms with E-state index in [1.165, 1.54) is 0 Å². The molecule has 1 aromatic rings. The van der Waals surface area contributed by atoms with E-state index in [4.69, 9.17) is 9.47 Å². The Morgan fingerprint density at radius 3 is 3.06 bits per heavy atom. The quantitative estimate of drug-likeness (QED) is 0.822. The van der Waals surface area contributed by atoms with Gasteiger partial charge in [0.15, 0.2) is 11.5 Å². The maximum absolute atomic E-state index is 11.0. The molecule has 2 aliphatic heterocycles. The number of fused-ring (bicyclic) bond motifs is 1. The third-order valence-corrected chi connectivity index (χ3v) is 3.01. The molecule has 0 unspecified atom stereocenters. The lowest BCUT2D eigenvalue weighted by Gasteiger charge is -2.12. The second-order valence-corrected chi connectivity index (χ2v) is 4.25. The average Bonchev–Trinajstić information content (AvgIpc) is 2.94. The first-order valence-corrected chi connectivity index (χ1v) is 5.74. The van der Waals surface area contributed by atoms with Gasteiger partial charge in [-0.3, -0.25) is 4.79 Å². The van der Waals surface area contributed by atoms with E-state index in [-0.39, 0.29) is 18.7 Å². The summed E-state index contributed by atoms with van der Waals surface area (Å²) in [5, 5.41) is 6.21. The van der Waals surface area contributed by atoms with Crippen LogP contribution in [-0.4, -0.2) is 25.3 Å². The molecule has 0 aliphatic carbocycles. The summed E-state index contributed by atoms with van der Waals surface area (Å²) in [5.74, 6) is 1.69. The second-order valence-electron chi connectivity index (χ2n) is 4.25. The summed E-state index contributed by atoms with van der Waals surface area (Å²) in [6.45, 7) is 1.03. The molecule has 5 nitrogen and oxygen atoms in total. The van der Waals surface area contributed by atoms with Crippen molar-refractivity contribution in [3.05, 3.63) is 18.2 Å². The van der Waals surface area contributed by atoms with Crippen molar-refractivity contribution < 1.29 is 14.3 Å². The van der Waals surface area contributed by atoms with E-state index in [9.17, 15) is 4.79 Å². The van der Waals surface area contributed by atoms with Gasteiger partial charge in [-0.15, -0.1) is 0 Å². The van der Waals surface area contributed by atoms with Crippen molar-refractivity contribution in [2.75, 3.05) is 18.7 Å². The molecule has 0 bridgehead atoms.